The lowest BCUT2D eigenvalue weighted by molar-refractivity contribution is -0.131. The number of aliphatic imine (C=N–C) groups is 1. The third-order valence-electron chi connectivity index (χ3n) is 7.64. The van der Waals surface area contributed by atoms with Gasteiger partial charge in [0, 0.05) is 17.5 Å². The lowest BCUT2D eigenvalue weighted by Gasteiger charge is -2.38. The molecule has 0 saturated carbocycles. The Bertz CT molecular complexity index is 1220. The summed E-state index contributed by atoms with van der Waals surface area (Å²) in [5.41, 5.74) is 9.18. The molecular weight excluding hydrogens is 440 g/mol. The van der Waals surface area contributed by atoms with Crippen molar-refractivity contribution < 1.29 is 14.3 Å². The highest BCUT2D eigenvalue weighted by Gasteiger charge is 2.41. The second-order valence-corrected chi connectivity index (χ2v) is 10.9. The van der Waals surface area contributed by atoms with Gasteiger partial charge in [0.05, 0.1) is 24.0 Å². The number of hydrogen-bond acceptors (Lipinski definition) is 5. The summed E-state index contributed by atoms with van der Waals surface area (Å²) >= 11 is 0. The van der Waals surface area contributed by atoms with Crippen LogP contribution in [0.5, 0.6) is 5.75 Å². The van der Waals surface area contributed by atoms with E-state index in [9.17, 15) is 9.59 Å². The van der Waals surface area contributed by atoms with E-state index in [1.807, 2.05) is 70.2 Å². The summed E-state index contributed by atoms with van der Waals surface area (Å²) in [7, 11) is 0. The molecule has 0 saturated heterocycles. The predicted molar refractivity (Wildman–Crippen MR) is 135 cm³/mol. The van der Waals surface area contributed by atoms with Crippen LogP contribution in [0.3, 0.4) is 0 Å². The third kappa shape index (κ3) is 4.28. The van der Waals surface area contributed by atoms with Crippen LogP contribution in [0.15, 0.2) is 47.5 Å². The fraction of sp³-hybridized carbons (Fsp3) is 0.464. The van der Waals surface area contributed by atoms with Crippen molar-refractivity contribution >= 4 is 17.8 Å². The minimum atomic E-state index is -0.450. The van der Waals surface area contributed by atoms with Crippen LogP contribution in [0.1, 0.15) is 92.5 Å². The first-order chi connectivity index (χ1) is 16.6. The number of amides is 2. The number of benzene rings is 2. The summed E-state index contributed by atoms with van der Waals surface area (Å²) in [6, 6.07) is 13.3. The molecule has 35 heavy (non-hydrogen) atoms. The van der Waals surface area contributed by atoms with Crippen LogP contribution in [0.2, 0.25) is 0 Å². The lowest BCUT2D eigenvalue weighted by atomic mass is 9.89. The quantitative estimate of drug-likeness (QED) is 0.685. The van der Waals surface area contributed by atoms with Crippen LogP contribution in [-0.2, 0) is 11.2 Å². The number of aryl methyl sites for hydroxylation is 1. The SMILES string of the molecule is CC[C@]1(C)CC(=O)N([C@@H]2CCc3ccc(C(=O)NC4CC(C)(C)Oc5ccccc54)cc32)C(N)=N1. The molecule has 1 unspecified atom stereocenters. The molecule has 3 N–H and O–H groups in total. The Morgan fingerprint density at radius 3 is 2.71 bits per heavy atom. The number of hydrogen-bond donors (Lipinski definition) is 2. The van der Waals surface area contributed by atoms with Gasteiger partial charge in [-0.15, -0.1) is 0 Å². The number of ether oxygens (including phenoxy) is 1. The van der Waals surface area contributed by atoms with Crippen molar-refractivity contribution in [1.29, 1.82) is 0 Å². The molecule has 2 heterocycles. The molecule has 0 bridgehead atoms. The van der Waals surface area contributed by atoms with Gasteiger partial charge in [0.2, 0.25) is 5.91 Å². The van der Waals surface area contributed by atoms with Gasteiger partial charge in [-0.05, 0) is 69.4 Å². The zero-order valence-corrected chi connectivity index (χ0v) is 20.9. The van der Waals surface area contributed by atoms with Crippen LogP contribution >= 0.6 is 0 Å². The third-order valence-corrected chi connectivity index (χ3v) is 7.64. The molecule has 7 nitrogen and oxygen atoms in total. The van der Waals surface area contributed by atoms with Crippen molar-refractivity contribution in [2.24, 2.45) is 10.7 Å². The molecule has 0 radical (unpaired) electrons. The Balaban J connectivity index is 1.41. The number of guanidine groups is 1. The van der Waals surface area contributed by atoms with E-state index in [0.717, 1.165) is 41.7 Å². The average Bonchev–Trinajstić information content (AvgIpc) is 3.20. The summed E-state index contributed by atoms with van der Waals surface area (Å²) in [5, 5.41) is 3.22. The number of carbonyl (C=O) groups is 2. The normalized spacial score (nSPS) is 26.9. The molecule has 1 aliphatic carbocycles. The molecule has 3 atom stereocenters. The van der Waals surface area contributed by atoms with E-state index in [2.05, 4.69) is 10.3 Å². The Morgan fingerprint density at radius 2 is 1.97 bits per heavy atom. The largest absolute Gasteiger partial charge is 0.487 e. The number of carbonyl (C=O) groups excluding carboxylic acids is 2. The van der Waals surface area contributed by atoms with Crippen molar-refractivity contribution in [2.75, 3.05) is 0 Å². The van der Waals surface area contributed by atoms with E-state index in [1.54, 1.807) is 4.90 Å². The number of para-hydroxylation sites is 1. The van der Waals surface area contributed by atoms with Gasteiger partial charge in [-0.3, -0.25) is 14.5 Å². The van der Waals surface area contributed by atoms with Crippen molar-refractivity contribution in [3.63, 3.8) is 0 Å². The molecule has 5 rings (SSSR count). The van der Waals surface area contributed by atoms with Gasteiger partial charge in [0.25, 0.3) is 5.91 Å². The Labute approximate surface area is 206 Å². The predicted octanol–water partition coefficient (Wildman–Crippen LogP) is 4.42. The summed E-state index contributed by atoms with van der Waals surface area (Å²) in [6.07, 6.45) is 3.38. The molecule has 2 aromatic rings. The molecule has 0 aromatic heterocycles. The zero-order valence-electron chi connectivity index (χ0n) is 20.9. The van der Waals surface area contributed by atoms with E-state index in [1.165, 1.54) is 0 Å². The monoisotopic (exact) mass is 474 g/mol. The zero-order chi connectivity index (χ0) is 25.0. The first-order valence-electron chi connectivity index (χ1n) is 12.5. The second kappa shape index (κ2) is 8.40. The van der Waals surface area contributed by atoms with Gasteiger partial charge in [0.1, 0.15) is 11.4 Å². The van der Waals surface area contributed by atoms with Gasteiger partial charge >= 0.3 is 0 Å². The van der Waals surface area contributed by atoms with Crippen LogP contribution in [0, 0.1) is 0 Å². The fourth-order valence-electron chi connectivity index (χ4n) is 5.61. The highest BCUT2D eigenvalue weighted by molar-refractivity contribution is 6.00. The van der Waals surface area contributed by atoms with Crippen LogP contribution < -0.4 is 15.8 Å². The van der Waals surface area contributed by atoms with Crippen molar-refractivity contribution in [3.05, 3.63) is 64.7 Å². The number of nitrogens with two attached hydrogens (primary N) is 1. The summed E-state index contributed by atoms with van der Waals surface area (Å²) in [4.78, 5) is 32.8. The highest BCUT2D eigenvalue weighted by atomic mass is 16.5. The smallest absolute Gasteiger partial charge is 0.251 e. The highest BCUT2D eigenvalue weighted by Crippen LogP contribution is 2.41. The van der Waals surface area contributed by atoms with Crippen LogP contribution in [0.25, 0.3) is 0 Å². The molecule has 0 fully saturated rings. The number of nitrogens with zero attached hydrogens (tertiary/aromatic N) is 2. The maximum absolute atomic E-state index is 13.4. The van der Waals surface area contributed by atoms with E-state index in [0.29, 0.717) is 18.4 Å². The van der Waals surface area contributed by atoms with E-state index in [-0.39, 0.29) is 35.5 Å². The minimum Gasteiger partial charge on any atom is -0.487 e. The maximum Gasteiger partial charge on any atom is 0.251 e. The summed E-state index contributed by atoms with van der Waals surface area (Å²) < 4.78 is 6.11. The van der Waals surface area contributed by atoms with Gasteiger partial charge in [-0.25, -0.2) is 4.99 Å². The van der Waals surface area contributed by atoms with E-state index >= 15 is 0 Å². The lowest BCUT2D eigenvalue weighted by Crippen LogP contribution is -2.51. The van der Waals surface area contributed by atoms with Gasteiger partial charge < -0.3 is 15.8 Å². The first kappa shape index (κ1) is 23.4. The second-order valence-electron chi connectivity index (χ2n) is 10.9. The summed E-state index contributed by atoms with van der Waals surface area (Å²) in [5.74, 6) is 0.941. The number of fused-ring (bicyclic) bond motifs is 2. The maximum atomic E-state index is 13.4. The van der Waals surface area contributed by atoms with Gasteiger partial charge in [-0.2, -0.15) is 0 Å². The Kier molecular flexibility index (Phi) is 5.61. The van der Waals surface area contributed by atoms with Crippen molar-refractivity contribution in [3.8, 4) is 5.75 Å². The minimum absolute atomic E-state index is 0.00408. The summed E-state index contributed by atoms with van der Waals surface area (Å²) in [6.45, 7) is 8.06. The first-order valence-corrected chi connectivity index (χ1v) is 12.5. The fourth-order valence-corrected chi connectivity index (χ4v) is 5.61. The van der Waals surface area contributed by atoms with E-state index in [4.69, 9.17) is 10.5 Å². The molecular formula is C28H34N4O3. The van der Waals surface area contributed by atoms with E-state index < -0.39 is 5.54 Å². The Morgan fingerprint density at radius 1 is 1.20 bits per heavy atom. The van der Waals surface area contributed by atoms with Gasteiger partial charge in [-0.1, -0.05) is 31.2 Å². The van der Waals surface area contributed by atoms with Crippen LogP contribution in [-0.4, -0.2) is 33.8 Å². The molecule has 3 aliphatic rings. The topological polar surface area (TPSA) is 97.0 Å². The number of nitrogens with one attached hydrogen (secondary N) is 1. The molecule has 2 amide bonds. The molecule has 2 aliphatic heterocycles. The Hall–Kier alpha value is -3.35. The number of rotatable bonds is 4. The average molecular weight is 475 g/mol. The molecule has 184 valence electrons. The molecule has 0 spiro atoms. The van der Waals surface area contributed by atoms with Gasteiger partial charge in [0.15, 0.2) is 5.96 Å². The standard InChI is InChI=1S/C28H34N4O3/c1-5-28(4)16-24(33)32(26(29)31-28)22-13-12-17-10-11-18(14-20(17)22)25(34)30-21-15-27(2,3)35-23-9-7-6-8-19(21)23/h6-11,14,21-22H,5,12-13,15-16H2,1-4H3,(H2,29,31)(H,30,34)/t21?,22-,28-/m1/s1. The van der Waals surface area contributed by atoms with Crippen LogP contribution in [0.4, 0.5) is 0 Å². The molecule has 2 aromatic carbocycles. The molecule has 7 heteroatoms. The van der Waals surface area contributed by atoms with Crippen molar-refractivity contribution in [1.82, 2.24) is 10.2 Å². The van der Waals surface area contributed by atoms with Crippen molar-refractivity contribution in [2.45, 2.75) is 83.0 Å².